The first-order chi connectivity index (χ1) is 10.1. The minimum Gasteiger partial charge on any atom is -0.361 e. The van der Waals surface area contributed by atoms with Gasteiger partial charge in [-0.2, -0.15) is 0 Å². The number of aromatic amines is 1. The highest BCUT2D eigenvalue weighted by Crippen LogP contribution is 2.24. The number of nitrogens with two attached hydrogens (primary N) is 1. The molecule has 0 radical (unpaired) electrons. The summed E-state index contributed by atoms with van der Waals surface area (Å²) in [5.41, 5.74) is 6.10. The Balaban J connectivity index is 1.83. The summed E-state index contributed by atoms with van der Waals surface area (Å²) in [6, 6.07) is 3.59. The standard InChI is InChI=1S/C13H15N5O3/c14-10(19)12(20)17-6-3-8(4-7-17)18-9-2-1-5-15-11(9)16-13(18)21/h1-2,5,8H,3-4,6-7H2,(H2,14,19)(H,15,16,21). The molecule has 21 heavy (non-hydrogen) atoms. The van der Waals surface area contributed by atoms with Crippen LogP contribution in [0.3, 0.4) is 0 Å². The summed E-state index contributed by atoms with van der Waals surface area (Å²) in [7, 11) is 0. The molecule has 3 heterocycles. The maximum absolute atomic E-state index is 12.1. The Labute approximate surface area is 119 Å². The van der Waals surface area contributed by atoms with Crippen LogP contribution in [0.5, 0.6) is 0 Å². The number of hydrogen-bond donors (Lipinski definition) is 2. The summed E-state index contributed by atoms with van der Waals surface area (Å²) in [4.78, 5) is 42.8. The third-order valence-electron chi connectivity index (χ3n) is 3.82. The number of amides is 2. The van der Waals surface area contributed by atoms with E-state index in [4.69, 9.17) is 5.73 Å². The van der Waals surface area contributed by atoms with Crippen LogP contribution in [0, 0.1) is 0 Å². The van der Waals surface area contributed by atoms with Crippen molar-refractivity contribution in [3.05, 3.63) is 28.8 Å². The molecule has 1 aliphatic heterocycles. The van der Waals surface area contributed by atoms with E-state index in [0.717, 1.165) is 5.52 Å². The van der Waals surface area contributed by atoms with Gasteiger partial charge in [0.05, 0.1) is 5.52 Å². The molecule has 0 saturated carbocycles. The summed E-state index contributed by atoms with van der Waals surface area (Å²) in [6.45, 7) is 0.817. The van der Waals surface area contributed by atoms with Gasteiger partial charge < -0.3 is 10.6 Å². The topological polar surface area (TPSA) is 114 Å². The van der Waals surface area contributed by atoms with Crippen molar-refractivity contribution in [2.75, 3.05) is 13.1 Å². The minimum atomic E-state index is -0.943. The Morgan fingerprint density at radius 1 is 1.33 bits per heavy atom. The number of nitrogens with zero attached hydrogens (tertiary/aromatic N) is 3. The monoisotopic (exact) mass is 289 g/mol. The molecule has 0 bridgehead atoms. The molecule has 0 unspecified atom stereocenters. The maximum atomic E-state index is 12.1. The highest BCUT2D eigenvalue weighted by Gasteiger charge is 2.28. The van der Waals surface area contributed by atoms with Crippen LogP contribution in [0.4, 0.5) is 0 Å². The van der Waals surface area contributed by atoms with Crippen molar-refractivity contribution in [1.82, 2.24) is 19.4 Å². The molecular formula is C13H15N5O3. The molecule has 3 N–H and O–H groups in total. The minimum absolute atomic E-state index is 0.0209. The molecule has 0 atom stereocenters. The van der Waals surface area contributed by atoms with Gasteiger partial charge in [0, 0.05) is 25.3 Å². The lowest BCUT2D eigenvalue weighted by Gasteiger charge is -2.31. The zero-order valence-electron chi connectivity index (χ0n) is 11.3. The van der Waals surface area contributed by atoms with Gasteiger partial charge in [-0.05, 0) is 25.0 Å². The van der Waals surface area contributed by atoms with Crippen molar-refractivity contribution < 1.29 is 9.59 Å². The maximum Gasteiger partial charge on any atom is 0.327 e. The summed E-state index contributed by atoms with van der Waals surface area (Å²) >= 11 is 0. The first-order valence-corrected chi connectivity index (χ1v) is 6.72. The SMILES string of the molecule is NC(=O)C(=O)N1CCC(n2c(=O)[nH]c3ncccc32)CC1. The molecule has 8 heteroatoms. The number of rotatable bonds is 1. The number of piperidine rings is 1. The number of nitrogens with one attached hydrogen (secondary N) is 1. The van der Waals surface area contributed by atoms with Crippen molar-refractivity contribution in [1.29, 1.82) is 0 Å². The average molecular weight is 289 g/mol. The molecule has 2 amide bonds. The number of imidazole rings is 1. The van der Waals surface area contributed by atoms with Crippen LogP contribution in [0.25, 0.3) is 11.2 Å². The predicted molar refractivity (Wildman–Crippen MR) is 74.4 cm³/mol. The van der Waals surface area contributed by atoms with Crippen molar-refractivity contribution in [2.24, 2.45) is 5.73 Å². The second-order valence-corrected chi connectivity index (χ2v) is 5.06. The van der Waals surface area contributed by atoms with Crippen molar-refractivity contribution in [2.45, 2.75) is 18.9 Å². The quantitative estimate of drug-likeness (QED) is 0.680. The number of hydrogen-bond acceptors (Lipinski definition) is 4. The van der Waals surface area contributed by atoms with Gasteiger partial charge in [-0.3, -0.25) is 19.1 Å². The van der Waals surface area contributed by atoms with Crippen LogP contribution >= 0.6 is 0 Å². The third-order valence-corrected chi connectivity index (χ3v) is 3.82. The van der Waals surface area contributed by atoms with Crippen LogP contribution in [-0.2, 0) is 9.59 Å². The van der Waals surface area contributed by atoms with E-state index >= 15 is 0 Å². The van der Waals surface area contributed by atoms with Crippen molar-refractivity contribution in [3.8, 4) is 0 Å². The zero-order chi connectivity index (χ0) is 15.0. The Morgan fingerprint density at radius 2 is 2.05 bits per heavy atom. The van der Waals surface area contributed by atoms with Crippen LogP contribution < -0.4 is 11.4 Å². The Kier molecular flexibility index (Phi) is 3.20. The largest absolute Gasteiger partial charge is 0.361 e. The lowest BCUT2D eigenvalue weighted by molar-refractivity contribution is -0.145. The van der Waals surface area contributed by atoms with E-state index in [-0.39, 0.29) is 11.7 Å². The summed E-state index contributed by atoms with van der Waals surface area (Å²) in [6.07, 6.45) is 2.82. The van der Waals surface area contributed by atoms with Crippen molar-refractivity contribution in [3.63, 3.8) is 0 Å². The van der Waals surface area contributed by atoms with Crippen LogP contribution in [0.1, 0.15) is 18.9 Å². The Morgan fingerprint density at radius 3 is 2.71 bits per heavy atom. The van der Waals surface area contributed by atoms with Gasteiger partial charge in [0.2, 0.25) is 0 Å². The average Bonchev–Trinajstić information content (AvgIpc) is 2.82. The lowest BCUT2D eigenvalue weighted by atomic mass is 10.0. The van der Waals surface area contributed by atoms with Gasteiger partial charge in [-0.1, -0.05) is 0 Å². The van der Waals surface area contributed by atoms with Crippen LogP contribution in [-0.4, -0.2) is 44.3 Å². The molecule has 0 aliphatic carbocycles. The first kappa shape index (κ1) is 13.3. The second kappa shape index (κ2) is 5.04. The molecule has 3 rings (SSSR count). The molecule has 0 aromatic carbocycles. The number of aromatic nitrogens is 3. The van der Waals surface area contributed by atoms with Gasteiger partial charge in [0.15, 0.2) is 5.65 Å². The van der Waals surface area contributed by atoms with Gasteiger partial charge in [0.25, 0.3) is 0 Å². The number of likely N-dealkylation sites (tertiary alicyclic amines) is 1. The zero-order valence-corrected chi connectivity index (χ0v) is 11.3. The smallest absolute Gasteiger partial charge is 0.327 e. The Hall–Kier alpha value is -2.64. The number of H-pyrrole nitrogens is 1. The molecule has 1 aliphatic rings. The normalized spacial score (nSPS) is 16.3. The third kappa shape index (κ3) is 2.28. The number of primary amides is 1. The van der Waals surface area contributed by atoms with Crippen LogP contribution in [0.2, 0.25) is 0 Å². The van der Waals surface area contributed by atoms with E-state index in [2.05, 4.69) is 9.97 Å². The molecule has 1 fully saturated rings. The molecule has 0 spiro atoms. The van der Waals surface area contributed by atoms with E-state index in [1.807, 2.05) is 6.07 Å². The first-order valence-electron chi connectivity index (χ1n) is 6.72. The summed E-state index contributed by atoms with van der Waals surface area (Å²) in [5.74, 6) is -1.61. The van der Waals surface area contributed by atoms with E-state index in [9.17, 15) is 14.4 Å². The second-order valence-electron chi connectivity index (χ2n) is 5.06. The predicted octanol–water partition coefficient (Wildman–Crippen LogP) is -0.627. The molecular weight excluding hydrogens is 274 g/mol. The Bertz CT molecular complexity index is 754. The van der Waals surface area contributed by atoms with Crippen molar-refractivity contribution >= 4 is 23.0 Å². The molecule has 2 aromatic rings. The molecule has 110 valence electrons. The number of fused-ring (bicyclic) bond motifs is 1. The fraction of sp³-hybridized carbons (Fsp3) is 0.385. The van der Waals surface area contributed by atoms with Gasteiger partial charge in [-0.15, -0.1) is 0 Å². The molecule has 8 nitrogen and oxygen atoms in total. The molecule has 1 saturated heterocycles. The fourth-order valence-corrected chi connectivity index (χ4v) is 2.80. The van der Waals surface area contributed by atoms with Gasteiger partial charge >= 0.3 is 17.5 Å². The van der Waals surface area contributed by atoms with E-state index in [1.54, 1.807) is 16.8 Å². The van der Waals surface area contributed by atoms with E-state index in [1.165, 1.54) is 4.90 Å². The highest BCUT2D eigenvalue weighted by molar-refractivity contribution is 6.34. The van der Waals surface area contributed by atoms with Crippen LogP contribution in [0.15, 0.2) is 23.1 Å². The van der Waals surface area contributed by atoms with Gasteiger partial charge in [-0.25, -0.2) is 9.78 Å². The number of carbonyl (C=O) groups excluding carboxylic acids is 2. The summed E-state index contributed by atoms with van der Waals surface area (Å²) < 4.78 is 1.68. The lowest BCUT2D eigenvalue weighted by Crippen LogP contribution is -2.45. The summed E-state index contributed by atoms with van der Waals surface area (Å²) in [5, 5.41) is 0. The number of carbonyl (C=O) groups is 2. The molecule has 2 aromatic heterocycles. The fourth-order valence-electron chi connectivity index (χ4n) is 2.80. The van der Waals surface area contributed by atoms with E-state index in [0.29, 0.717) is 31.6 Å². The van der Waals surface area contributed by atoms with Gasteiger partial charge in [0.1, 0.15) is 0 Å². The van der Waals surface area contributed by atoms with E-state index < -0.39 is 11.8 Å². The highest BCUT2D eigenvalue weighted by atomic mass is 16.2. The number of pyridine rings is 1.